The van der Waals surface area contributed by atoms with E-state index < -0.39 is 0 Å². The number of hydrogen-bond acceptors (Lipinski definition) is 5. The lowest BCUT2D eigenvalue weighted by Gasteiger charge is -2.25. The number of benzene rings is 1. The number of hydrogen-bond donors (Lipinski definition) is 2. The van der Waals surface area contributed by atoms with Crippen molar-refractivity contribution in [2.24, 2.45) is 0 Å². The predicted octanol–water partition coefficient (Wildman–Crippen LogP) is 4.84. The van der Waals surface area contributed by atoms with Crippen LogP contribution in [-0.2, 0) is 15.7 Å². The van der Waals surface area contributed by atoms with Gasteiger partial charge in [-0.1, -0.05) is 27.7 Å². The Morgan fingerprint density at radius 3 is 2.24 bits per heavy atom. The number of urea groups is 1. The van der Waals surface area contributed by atoms with Crippen molar-refractivity contribution in [1.82, 2.24) is 14.7 Å². The molecule has 2 rings (SSSR count). The second kappa shape index (κ2) is 10.8. The molecule has 9 nitrogen and oxygen atoms in total. The second-order valence-electron chi connectivity index (χ2n) is 10.2. The van der Waals surface area contributed by atoms with Crippen LogP contribution in [0.4, 0.5) is 16.3 Å². The summed E-state index contributed by atoms with van der Waals surface area (Å²) in [6, 6.07) is 6.63. The molecular formula is C25H39N5O4. The first-order valence-electron chi connectivity index (χ1n) is 11.5. The number of anilines is 2. The number of carbonyl (C=O) groups is 2. The van der Waals surface area contributed by atoms with E-state index in [2.05, 4.69) is 31.4 Å². The van der Waals surface area contributed by atoms with Gasteiger partial charge in [-0.3, -0.25) is 4.79 Å². The molecule has 0 spiro atoms. The van der Waals surface area contributed by atoms with Gasteiger partial charge in [-0.05, 0) is 39.3 Å². The summed E-state index contributed by atoms with van der Waals surface area (Å²) in [4.78, 5) is 27.5. The van der Waals surface area contributed by atoms with Crippen LogP contribution < -0.4 is 20.1 Å². The maximum Gasteiger partial charge on any atom is 0.322 e. The Morgan fingerprint density at radius 2 is 1.71 bits per heavy atom. The first kappa shape index (κ1) is 27.0. The van der Waals surface area contributed by atoms with Gasteiger partial charge in [0, 0.05) is 24.1 Å². The number of nitrogens with one attached hydrogen (secondary N) is 2. The molecule has 0 fully saturated rings. The van der Waals surface area contributed by atoms with Gasteiger partial charge in [-0.25, -0.2) is 9.48 Å². The van der Waals surface area contributed by atoms with Crippen molar-refractivity contribution in [2.75, 3.05) is 37.9 Å². The minimum absolute atomic E-state index is 0.0989. The van der Waals surface area contributed by atoms with E-state index in [1.54, 1.807) is 25.3 Å². The van der Waals surface area contributed by atoms with Crippen LogP contribution in [0.5, 0.6) is 11.5 Å². The van der Waals surface area contributed by atoms with Crippen LogP contribution >= 0.6 is 0 Å². The van der Waals surface area contributed by atoms with E-state index in [9.17, 15) is 9.59 Å². The Morgan fingerprint density at radius 1 is 1.03 bits per heavy atom. The molecule has 1 aromatic heterocycles. The summed E-state index contributed by atoms with van der Waals surface area (Å²) in [5.41, 5.74) is 0.891. The highest BCUT2D eigenvalue weighted by Crippen LogP contribution is 2.30. The Bertz CT molecular complexity index is 1000. The fourth-order valence-electron chi connectivity index (χ4n) is 3.32. The number of nitrogens with zero attached hydrogens (tertiary/aromatic N) is 3. The number of ether oxygens (including phenoxy) is 2. The quantitative estimate of drug-likeness (QED) is 0.572. The van der Waals surface area contributed by atoms with Crippen molar-refractivity contribution in [3.8, 4) is 11.5 Å². The number of aromatic nitrogens is 2. The van der Waals surface area contributed by atoms with E-state index in [0.717, 1.165) is 5.69 Å². The SMILES string of the molecule is CCCN(CC(=O)Nc1cc(C(C)(C)C)nn1C(C)(C)C)C(=O)Nc1ccc(OC)cc1OC. The number of carbonyl (C=O) groups excluding carboxylic acids is 2. The molecule has 0 saturated heterocycles. The monoisotopic (exact) mass is 473 g/mol. The molecule has 0 unspecified atom stereocenters. The van der Waals surface area contributed by atoms with Crippen molar-refractivity contribution in [3.05, 3.63) is 30.0 Å². The standard InChI is InChI=1S/C25H39N5O4/c1-10-13-29(23(32)26-18-12-11-17(33-8)14-19(18)34-9)16-22(31)27-21-15-20(24(2,3)4)28-30(21)25(5,6)7/h11-12,14-15H,10,13,16H2,1-9H3,(H,26,32)(H,27,31). The van der Waals surface area contributed by atoms with Crippen molar-refractivity contribution < 1.29 is 19.1 Å². The van der Waals surface area contributed by atoms with Crippen molar-refractivity contribution in [2.45, 2.75) is 65.8 Å². The molecule has 9 heteroatoms. The Kier molecular flexibility index (Phi) is 8.58. The summed E-state index contributed by atoms with van der Waals surface area (Å²) in [5, 5.41) is 10.5. The lowest BCUT2D eigenvalue weighted by Crippen LogP contribution is -2.41. The van der Waals surface area contributed by atoms with Crippen LogP contribution in [0.2, 0.25) is 0 Å². The highest BCUT2D eigenvalue weighted by molar-refractivity contribution is 5.97. The van der Waals surface area contributed by atoms with Gasteiger partial charge in [-0.2, -0.15) is 5.10 Å². The Hall–Kier alpha value is -3.23. The molecule has 3 amide bonds. The van der Waals surface area contributed by atoms with E-state index >= 15 is 0 Å². The maximum absolute atomic E-state index is 13.0. The molecule has 2 N–H and O–H groups in total. The Labute approximate surface area is 202 Å². The van der Waals surface area contributed by atoms with E-state index in [4.69, 9.17) is 14.6 Å². The maximum atomic E-state index is 13.0. The van der Waals surface area contributed by atoms with Gasteiger partial charge in [0.25, 0.3) is 0 Å². The van der Waals surface area contributed by atoms with Gasteiger partial charge < -0.3 is 25.0 Å². The van der Waals surface area contributed by atoms with Crippen molar-refractivity contribution >= 4 is 23.4 Å². The summed E-state index contributed by atoms with van der Waals surface area (Å²) in [6.07, 6.45) is 0.703. The normalized spacial score (nSPS) is 11.7. The molecule has 0 radical (unpaired) electrons. The molecule has 0 atom stereocenters. The summed E-state index contributed by atoms with van der Waals surface area (Å²) in [5.74, 6) is 1.40. The fourth-order valence-corrected chi connectivity index (χ4v) is 3.32. The number of rotatable bonds is 8. The molecule has 1 aromatic carbocycles. The van der Waals surface area contributed by atoms with Gasteiger partial charge in [-0.15, -0.1) is 0 Å². The summed E-state index contributed by atoms with van der Waals surface area (Å²) >= 11 is 0. The molecule has 0 aliphatic heterocycles. The lowest BCUT2D eigenvalue weighted by atomic mass is 9.92. The fraction of sp³-hybridized carbons (Fsp3) is 0.560. The van der Waals surface area contributed by atoms with Crippen LogP contribution in [0.15, 0.2) is 24.3 Å². The molecule has 0 aliphatic carbocycles. The molecular weight excluding hydrogens is 434 g/mol. The van der Waals surface area contributed by atoms with Gasteiger partial charge in [0.2, 0.25) is 5.91 Å². The largest absolute Gasteiger partial charge is 0.497 e. The summed E-state index contributed by atoms with van der Waals surface area (Å²) < 4.78 is 12.4. The zero-order valence-electron chi connectivity index (χ0n) is 21.9. The number of methoxy groups -OCH3 is 2. The third-order valence-corrected chi connectivity index (χ3v) is 5.15. The first-order chi connectivity index (χ1) is 15.8. The van der Waals surface area contributed by atoms with Crippen LogP contribution in [0, 0.1) is 0 Å². The highest BCUT2D eigenvalue weighted by Gasteiger charge is 2.26. The lowest BCUT2D eigenvalue weighted by molar-refractivity contribution is -0.116. The van der Waals surface area contributed by atoms with Crippen molar-refractivity contribution in [1.29, 1.82) is 0 Å². The molecule has 1 heterocycles. The van der Waals surface area contributed by atoms with Crippen LogP contribution in [0.25, 0.3) is 0 Å². The molecule has 0 aliphatic rings. The number of amides is 3. The molecule has 0 saturated carbocycles. The minimum atomic E-state index is -0.389. The molecule has 0 bridgehead atoms. The van der Waals surface area contributed by atoms with Gasteiger partial charge in [0.05, 0.1) is 31.1 Å². The van der Waals surface area contributed by atoms with Gasteiger partial charge in [0.1, 0.15) is 23.9 Å². The van der Waals surface area contributed by atoms with Crippen LogP contribution in [0.3, 0.4) is 0 Å². The van der Waals surface area contributed by atoms with E-state index in [0.29, 0.717) is 36.0 Å². The van der Waals surface area contributed by atoms with Gasteiger partial charge >= 0.3 is 6.03 Å². The zero-order valence-corrected chi connectivity index (χ0v) is 21.9. The highest BCUT2D eigenvalue weighted by atomic mass is 16.5. The van der Waals surface area contributed by atoms with E-state index in [-0.39, 0.29) is 29.4 Å². The average Bonchev–Trinajstić information content (AvgIpc) is 3.18. The van der Waals surface area contributed by atoms with Crippen molar-refractivity contribution in [3.63, 3.8) is 0 Å². The summed E-state index contributed by atoms with van der Waals surface area (Å²) in [6.45, 7) is 14.6. The molecule has 2 aromatic rings. The Balaban J connectivity index is 2.19. The molecule has 188 valence electrons. The van der Waals surface area contributed by atoms with Crippen LogP contribution in [-0.4, -0.2) is 53.9 Å². The third kappa shape index (κ3) is 6.88. The topological polar surface area (TPSA) is 97.7 Å². The van der Waals surface area contributed by atoms with Gasteiger partial charge in [0.15, 0.2) is 0 Å². The zero-order chi connectivity index (χ0) is 25.7. The first-order valence-corrected chi connectivity index (χ1v) is 11.5. The summed E-state index contributed by atoms with van der Waals surface area (Å²) in [7, 11) is 3.08. The van der Waals surface area contributed by atoms with Crippen LogP contribution in [0.1, 0.15) is 60.6 Å². The molecule has 34 heavy (non-hydrogen) atoms. The second-order valence-corrected chi connectivity index (χ2v) is 10.2. The smallest absolute Gasteiger partial charge is 0.322 e. The van der Waals surface area contributed by atoms with E-state index in [1.165, 1.54) is 12.0 Å². The predicted molar refractivity (Wildman–Crippen MR) is 135 cm³/mol. The minimum Gasteiger partial charge on any atom is -0.497 e. The average molecular weight is 474 g/mol. The third-order valence-electron chi connectivity index (χ3n) is 5.15. The van der Waals surface area contributed by atoms with E-state index in [1.807, 2.05) is 38.4 Å².